The molecule has 0 aromatic heterocycles. The summed E-state index contributed by atoms with van der Waals surface area (Å²) >= 11 is 0. The lowest BCUT2D eigenvalue weighted by molar-refractivity contribution is -0.121. The smallest absolute Gasteiger partial charge is 0.256 e. The van der Waals surface area contributed by atoms with E-state index in [-0.39, 0.29) is 18.2 Å². The van der Waals surface area contributed by atoms with Crippen LogP contribution >= 0.6 is 0 Å². The second-order valence-corrected chi connectivity index (χ2v) is 6.96. The summed E-state index contributed by atoms with van der Waals surface area (Å²) in [7, 11) is 0. The van der Waals surface area contributed by atoms with Crippen molar-refractivity contribution in [3.63, 3.8) is 0 Å². The number of hydrogen-bond donors (Lipinski definition) is 0. The molecular formula is C23H25N3O2. The van der Waals surface area contributed by atoms with Gasteiger partial charge in [0.15, 0.2) is 0 Å². The fourth-order valence-corrected chi connectivity index (χ4v) is 3.40. The standard InChI is InChI=1S/C23H25N3O2/c1-17-21(23(28)25-18(2)24-17)13-14-22(27)26(20-11-7-4-8-12-20)16-15-19-9-5-3-6-10-19/h3-12,21H,13-16H2,1-2H3. The molecule has 0 fully saturated rings. The average Bonchev–Trinajstić information content (AvgIpc) is 2.69. The molecule has 0 saturated carbocycles. The highest BCUT2D eigenvalue weighted by atomic mass is 16.2. The van der Waals surface area contributed by atoms with Gasteiger partial charge in [0.1, 0.15) is 5.84 Å². The number of carbonyl (C=O) groups is 2. The molecule has 1 aliphatic heterocycles. The van der Waals surface area contributed by atoms with Crippen molar-refractivity contribution in [2.24, 2.45) is 15.9 Å². The molecule has 3 rings (SSSR count). The fourth-order valence-electron chi connectivity index (χ4n) is 3.40. The van der Waals surface area contributed by atoms with Crippen LogP contribution in [0.15, 0.2) is 70.6 Å². The van der Waals surface area contributed by atoms with E-state index in [4.69, 9.17) is 0 Å². The van der Waals surface area contributed by atoms with E-state index in [1.165, 1.54) is 5.56 Å². The molecule has 144 valence electrons. The number of nitrogens with zero attached hydrogens (tertiary/aromatic N) is 3. The van der Waals surface area contributed by atoms with Crippen LogP contribution in [0.2, 0.25) is 0 Å². The van der Waals surface area contributed by atoms with Gasteiger partial charge in [-0.2, -0.15) is 4.99 Å². The first-order chi connectivity index (χ1) is 13.5. The average molecular weight is 375 g/mol. The molecule has 5 nitrogen and oxygen atoms in total. The summed E-state index contributed by atoms with van der Waals surface area (Å²) in [5.41, 5.74) is 2.80. The van der Waals surface area contributed by atoms with Gasteiger partial charge in [-0.25, -0.2) is 4.99 Å². The Hall–Kier alpha value is -3.08. The maximum absolute atomic E-state index is 13.0. The first kappa shape index (κ1) is 19.7. The highest BCUT2D eigenvalue weighted by Crippen LogP contribution is 2.20. The van der Waals surface area contributed by atoms with Crippen LogP contribution < -0.4 is 4.90 Å². The van der Waals surface area contributed by atoms with Gasteiger partial charge in [-0.15, -0.1) is 0 Å². The molecule has 0 saturated heterocycles. The summed E-state index contributed by atoms with van der Waals surface area (Å²) in [6, 6.07) is 19.8. The van der Waals surface area contributed by atoms with E-state index in [2.05, 4.69) is 22.1 Å². The van der Waals surface area contributed by atoms with Crippen molar-refractivity contribution in [1.29, 1.82) is 0 Å². The third-order valence-corrected chi connectivity index (χ3v) is 4.90. The zero-order chi connectivity index (χ0) is 19.9. The Kier molecular flexibility index (Phi) is 6.48. The van der Waals surface area contributed by atoms with Crippen molar-refractivity contribution in [1.82, 2.24) is 0 Å². The predicted octanol–water partition coefficient (Wildman–Crippen LogP) is 4.08. The van der Waals surface area contributed by atoms with Crippen molar-refractivity contribution in [3.8, 4) is 0 Å². The Morgan fingerprint density at radius 1 is 0.964 bits per heavy atom. The zero-order valence-corrected chi connectivity index (χ0v) is 16.3. The number of carbonyl (C=O) groups excluding carboxylic acids is 2. The monoisotopic (exact) mass is 375 g/mol. The number of rotatable bonds is 7. The van der Waals surface area contributed by atoms with Gasteiger partial charge < -0.3 is 4.90 Å². The number of amides is 2. The van der Waals surface area contributed by atoms with Gasteiger partial charge in [-0.05, 0) is 44.4 Å². The number of hydrogen-bond acceptors (Lipinski definition) is 3. The fraction of sp³-hybridized carbons (Fsp3) is 0.304. The van der Waals surface area contributed by atoms with Crippen LogP contribution in [0, 0.1) is 5.92 Å². The van der Waals surface area contributed by atoms with Crippen LogP contribution in [0.25, 0.3) is 0 Å². The molecule has 1 heterocycles. The molecule has 2 amide bonds. The van der Waals surface area contributed by atoms with E-state index < -0.39 is 5.92 Å². The lowest BCUT2D eigenvalue weighted by Gasteiger charge is -2.24. The van der Waals surface area contributed by atoms with Gasteiger partial charge in [0, 0.05) is 24.4 Å². The van der Waals surface area contributed by atoms with E-state index >= 15 is 0 Å². The van der Waals surface area contributed by atoms with Crippen LogP contribution in [0.1, 0.15) is 32.3 Å². The lowest BCUT2D eigenvalue weighted by atomic mass is 9.96. The Morgan fingerprint density at radius 2 is 1.61 bits per heavy atom. The van der Waals surface area contributed by atoms with Gasteiger partial charge in [0.05, 0.1) is 5.92 Å². The van der Waals surface area contributed by atoms with Gasteiger partial charge in [0.2, 0.25) is 5.91 Å². The third-order valence-electron chi connectivity index (χ3n) is 4.90. The molecular weight excluding hydrogens is 350 g/mol. The summed E-state index contributed by atoms with van der Waals surface area (Å²) in [6.07, 6.45) is 1.48. The van der Waals surface area contributed by atoms with Gasteiger partial charge in [-0.1, -0.05) is 48.5 Å². The molecule has 1 unspecified atom stereocenters. The summed E-state index contributed by atoms with van der Waals surface area (Å²) in [5, 5.41) is 0. The van der Waals surface area contributed by atoms with Crippen LogP contribution in [-0.2, 0) is 16.0 Å². The topological polar surface area (TPSA) is 62.1 Å². The van der Waals surface area contributed by atoms with Crippen LogP contribution in [0.5, 0.6) is 0 Å². The molecule has 28 heavy (non-hydrogen) atoms. The Morgan fingerprint density at radius 3 is 2.25 bits per heavy atom. The van der Waals surface area contributed by atoms with Gasteiger partial charge >= 0.3 is 0 Å². The normalized spacial score (nSPS) is 16.4. The van der Waals surface area contributed by atoms with Gasteiger partial charge in [0.25, 0.3) is 5.91 Å². The quantitative estimate of drug-likeness (QED) is 0.732. The third kappa shape index (κ3) is 5.00. The van der Waals surface area contributed by atoms with Gasteiger partial charge in [-0.3, -0.25) is 9.59 Å². The highest BCUT2D eigenvalue weighted by molar-refractivity contribution is 6.14. The maximum Gasteiger partial charge on any atom is 0.256 e. The molecule has 5 heteroatoms. The number of amidine groups is 1. The summed E-state index contributed by atoms with van der Waals surface area (Å²) in [4.78, 5) is 35.2. The SMILES string of the molecule is CC1=NC(=O)C(CCC(=O)N(CCc2ccccc2)c2ccccc2)C(C)=N1. The molecule has 0 N–H and O–H groups in total. The number of benzene rings is 2. The molecule has 0 bridgehead atoms. The maximum atomic E-state index is 13.0. The van der Waals surface area contributed by atoms with Crippen molar-refractivity contribution in [2.75, 3.05) is 11.4 Å². The lowest BCUT2D eigenvalue weighted by Crippen LogP contribution is -2.34. The van der Waals surface area contributed by atoms with E-state index in [0.29, 0.717) is 18.8 Å². The Balaban J connectivity index is 1.68. The summed E-state index contributed by atoms with van der Waals surface area (Å²) < 4.78 is 0. The van der Waals surface area contributed by atoms with E-state index in [1.54, 1.807) is 11.8 Å². The van der Waals surface area contributed by atoms with Crippen molar-refractivity contribution in [3.05, 3.63) is 66.2 Å². The molecule has 2 aromatic carbocycles. The molecule has 0 aliphatic carbocycles. The molecule has 0 spiro atoms. The largest absolute Gasteiger partial charge is 0.312 e. The molecule has 0 radical (unpaired) electrons. The van der Waals surface area contributed by atoms with E-state index in [9.17, 15) is 9.59 Å². The number of aliphatic imine (C=N–C) groups is 2. The number of para-hydroxylation sites is 1. The summed E-state index contributed by atoms with van der Waals surface area (Å²) in [5.74, 6) is -0.111. The summed E-state index contributed by atoms with van der Waals surface area (Å²) in [6.45, 7) is 4.13. The van der Waals surface area contributed by atoms with Crippen molar-refractivity contribution >= 4 is 29.0 Å². The van der Waals surface area contributed by atoms with E-state index in [0.717, 1.165) is 17.8 Å². The molecule has 1 aliphatic rings. The van der Waals surface area contributed by atoms with Crippen molar-refractivity contribution in [2.45, 2.75) is 33.1 Å². The second-order valence-electron chi connectivity index (χ2n) is 6.96. The van der Waals surface area contributed by atoms with Crippen LogP contribution in [-0.4, -0.2) is 29.9 Å². The second kappa shape index (κ2) is 9.22. The Bertz CT molecular complexity index is 889. The zero-order valence-electron chi connectivity index (χ0n) is 16.3. The minimum Gasteiger partial charge on any atom is -0.312 e. The molecule has 2 aromatic rings. The van der Waals surface area contributed by atoms with Crippen LogP contribution in [0.4, 0.5) is 5.69 Å². The van der Waals surface area contributed by atoms with Crippen molar-refractivity contribution < 1.29 is 9.59 Å². The Labute approximate surface area is 165 Å². The van der Waals surface area contributed by atoms with Crippen LogP contribution in [0.3, 0.4) is 0 Å². The highest BCUT2D eigenvalue weighted by Gasteiger charge is 2.27. The first-order valence-corrected chi connectivity index (χ1v) is 9.58. The predicted molar refractivity (Wildman–Crippen MR) is 113 cm³/mol. The molecule has 1 atom stereocenters. The number of anilines is 1. The van der Waals surface area contributed by atoms with E-state index in [1.807, 2.05) is 55.5 Å². The first-order valence-electron chi connectivity index (χ1n) is 9.58. The minimum atomic E-state index is -0.403. The minimum absolute atomic E-state index is 0.00834.